The van der Waals surface area contributed by atoms with Crippen molar-refractivity contribution in [2.75, 3.05) is 13.2 Å². The van der Waals surface area contributed by atoms with Crippen LogP contribution in [-0.4, -0.2) is 65.4 Å². The molecule has 8 nitrogen and oxygen atoms in total. The molecular weight excluding hydrogens is 447 g/mol. The minimum Gasteiger partial charge on any atom is -0.461 e. The third-order valence-electron chi connectivity index (χ3n) is 8.36. The van der Waals surface area contributed by atoms with E-state index in [1.54, 1.807) is 0 Å². The van der Waals surface area contributed by atoms with E-state index in [1.165, 1.54) is 0 Å². The van der Waals surface area contributed by atoms with Gasteiger partial charge in [0.2, 0.25) is 5.79 Å². The Morgan fingerprint density at radius 2 is 1.85 bits per heavy atom. The van der Waals surface area contributed by atoms with Gasteiger partial charge < -0.3 is 19.1 Å². The van der Waals surface area contributed by atoms with E-state index in [0.29, 0.717) is 23.7 Å². The first-order valence-electron chi connectivity index (χ1n) is 11.7. The van der Waals surface area contributed by atoms with Crippen LogP contribution >= 0.6 is 0 Å². The lowest BCUT2D eigenvalue weighted by Gasteiger charge is -2.50. The predicted molar refractivity (Wildman–Crippen MR) is 104 cm³/mol. The number of hydrogen-bond donors (Lipinski definition) is 0. The summed E-state index contributed by atoms with van der Waals surface area (Å²) >= 11 is 0. The molecule has 1 saturated carbocycles. The van der Waals surface area contributed by atoms with Crippen LogP contribution in [0.25, 0.3) is 0 Å². The SMILES string of the molecule is C[C@@H]1CC[C@H]2C(C)(COC(=O)[C@@H]3CCCN3C(=O)C(F)(F)F)O[C@@H]3O[C@]4(C)CC[C@@H]1[C@]32OO4. The number of fused-ring (bicyclic) bond motifs is 2. The van der Waals surface area contributed by atoms with Crippen LogP contribution in [0.3, 0.4) is 0 Å². The van der Waals surface area contributed by atoms with Crippen LogP contribution in [0.1, 0.15) is 59.3 Å². The predicted octanol–water partition coefficient (Wildman–Crippen LogP) is 3.09. The smallest absolute Gasteiger partial charge is 0.461 e. The molecule has 8 atom stereocenters. The first-order valence-corrected chi connectivity index (χ1v) is 11.7. The minimum absolute atomic E-state index is 0.128. The van der Waals surface area contributed by atoms with Crippen molar-refractivity contribution in [2.24, 2.45) is 17.8 Å². The fourth-order valence-electron chi connectivity index (χ4n) is 6.67. The molecule has 0 aromatic rings. The minimum atomic E-state index is -5.03. The molecule has 186 valence electrons. The lowest BCUT2D eigenvalue weighted by Crippen LogP contribution is -2.62. The zero-order valence-corrected chi connectivity index (χ0v) is 19.0. The lowest BCUT2D eigenvalue weighted by molar-refractivity contribution is -0.541. The number of halogens is 3. The molecule has 0 aromatic heterocycles. The molecule has 0 aromatic carbocycles. The summed E-state index contributed by atoms with van der Waals surface area (Å²) in [4.78, 5) is 36.8. The molecular formula is C22H30F3NO7. The van der Waals surface area contributed by atoms with E-state index in [9.17, 15) is 22.8 Å². The van der Waals surface area contributed by atoms with E-state index in [4.69, 9.17) is 24.0 Å². The highest BCUT2D eigenvalue weighted by molar-refractivity contribution is 5.88. The van der Waals surface area contributed by atoms with Gasteiger partial charge in [0.05, 0.1) is 0 Å². The van der Waals surface area contributed by atoms with Gasteiger partial charge in [0, 0.05) is 18.9 Å². The van der Waals surface area contributed by atoms with E-state index in [1.807, 2.05) is 13.8 Å². The van der Waals surface area contributed by atoms with Crippen LogP contribution in [0.5, 0.6) is 0 Å². The highest BCUT2D eigenvalue weighted by atomic mass is 19.4. The summed E-state index contributed by atoms with van der Waals surface area (Å²) in [5.74, 6) is -3.48. The van der Waals surface area contributed by atoms with Crippen LogP contribution in [0.15, 0.2) is 0 Å². The average molecular weight is 477 g/mol. The Bertz CT molecular complexity index is 839. The number of nitrogens with zero attached hydrogens (tertiary/aromatic N) is 1. The maximum atomic E-state index is 12.9. The van der Waals surface area contributed by atoms with Gasteiger partial charge in [-0.2, -0.15) is 13.2 Å². The van der Waals surface area contributed by atoms with Gasteiger partial charge in [0.25, 0.3) is 0 Å². The van der Waals surface area contributed by atoms with Crippen LogP contribution in [0.4, 0.5) is 13.2 Å². The number of rotatable bonds is 3. The van der Waals surface area contributed by atoms with Crippen molar-refractivity contribution in [3.63, 3.8) is 0 Å². The zero-order valence-electron chi connectivity index (χ0n) is 19.0. The maximum Gasteiger partial charge on any atom is 0.471 e. The summed E-state index contributed by atoms with van der Waals surface area (Å²) in [5.41, 5.74) is -1.80. The summed E-state index contributed by atoms with van der Waals surface area (Å²) in [6.07, 6.45) is -2.09. The van der Waals surface area contributed by atoms with E-state index in [2.05, 4.69) is 6.92 Å². The van der Waals surface area contributed by atoms with Crippen molar-refractivity contribution < 1.29 is 46.7 Å². The lowest BCUT2D eigenvalue weighted by atomic mass is 9.60. The Morgan fingerprint density at radius 3 is 2.58 bits per heavy atom. The van der Waals surface area contributed by atoms with Crippen molar-refractivity contribution >= 4 is 11.9 Å². The molecule has 5 aliphatic heterocycles. The van der Waals surface area contributed by atoms with Gasteiger partial charge in [-0.05, 0) is 57.8 Å². The molecule has 0 radical (unpaired) electrons. The molecule has 6 fully saturated rings. The summed E-state index contributed by atoms with van der Waals surface area (Å²) in [6.45, 7) is 5.50. The van der Waals surface area contributed by atoms with Gasteiger partial charge in [-0.1, -0.05) is 6.92 Å². The van der Waals surface area contributed by atoms with Crippen molar-refractivity contribution in [1.82, 2.24) is 4.90 Å². The normalized spacial score (nSPS) is 46.7. The zero-order chi connectivity index (χ0) is 23.8. The molecule has 5 saturated heterocycles. The molecule has 1 spiro atoms. The van der Waals surface area contributed by atoms with Gasteiger partial charge in [-0.15, -0.1) is 0 Å². The van der Waals surface area contributed by atoms with Gasteiger partial charge in [0.15, 0.2) is 11.9 Å². The van der Waals surface area contributed by atoms with Crippen LogP contribution < -0.4 is 0 Å². The molecule has 6 rings (SSSR count). The average Bonchev–Trinajstić information content (AvgIpc) is 3.23. The number of esters is 1. The monoisotopic (exact) mass is 477 g/mol. The second-order valence-electron chi connectivity index (χ2n) is 10.5. The fourth-order valence-corrected chi connectivity index (χ4v) is 6.67. The van der Waals surface area contributed by atoms with Crippen molar-refractivity contribution in [2.45, 2.75) is 94.8 Å². The second kappa shape index (κ2) is 7.53. The first-order chi connectivity index (χ1) is 15.4. The number of ether oxygens (including phenoxy) is 3. The highest BCUT2D eigenvalue weighted by Crippen LogP contribution is 2.63. The molecule has 1 aliphatic carbocycles. The summed E-state index contributed by atoms with van der Waals surface area (Å²) in [6, 6.07) is -1.25. The second-order valence-corrected chi connectivity index (χ2v) is 10.5. The molecule has 2 bridgehead atoms. The Balaban J connectivity index is 1.34. The number of carbonyl (C=O) groups excluding carboxylic acids is 2. The van der Waals surface area contributed by atoms with Gasteiger partial charge in [0.1, 0.15) is 18.2 Å². The van der Waals surface area contributed by atoms with E-state index in [-0.39, 0.29) is 31.4 Å². The first kappa shape index (κ1) is 23.3. The van der Waals surface area contributed by atoms with Crippen LogP contribution in [0.2, 0.25) is 0 Å². The van der Waals surface area contributed by atoms with Gasteiger partial charge >= 0.3 is 18.1 Å². The van der Waals surface area contributed by atoms with E-state index >= 15 is 0 Å². The Hall–Kier alpha value is -1.43. The highest BCUT2D eigenvalue weighted by Gasteiger charge is 2.74. The largest absolute Gasteiger partial charge is 0.471 e. The van der Waals surface area contributed by atoms with Crippen molar-refractivity contribution in [1.29, 1.82) is 0 Å². The van der Waals surface area contributed by atoms with Gasteiger partial charge in [-0.3, -0.25) is 4.79 Å². The van der Waals surface area contributed by atoms with E-state index < -0.39 is 47.4 Å². The summed E-state index contributed by atoms with van der Waals surface area (Å²) in [5, 5.41) is 0. The number of carbonyl (C=O) groups is 2. The fraction of sp³-hybridized carbons (Fsp3) is 0.909. The molecule has 5 heterocycles. The van der Waals surface area contributed by atoms with Crippen LogP contribution in [0, 0.1) is 17.8 Å². The third kappa shape index (κ3) is 3.49. The molecule has 1 unspecified atom stereocenters. The van der Waals surface area contributed by atoms with Crippen LogP contribution in [-0.2, 0) is 33.6 Å². The topological polar surface area (TPSA) is 83.5 Å². The molecule has 11 heteroatoms. The molecule has 6 aliphatic rings. The van der Waals surface area contributed by atoms with E-state index in [0.717, 1.165) is 19.3 Å². The standard InChI is InChI=1S/C22H30F3NO7/c1-12-6-7-15-19(2,30-18-21(15)13(12)8-9-20(3,31-18)32-33-21)11-29-16(27)14-5-4-10-26(14)17(28)22(23,24)25/h12-15,18H,4-11H2,1-3H3/t12-,13+,14+,15+,18-,19?,20+,21-/m1/s1. The number of hydrogen-bond acceptors (Lipinski definition) is 7. The number of alkyl halides is 3. The maximum absolute atomic E-state index is 12.9. The molecule has 33 heavy (non-hydrogen) atoms. The number of likely N-dealkylation sites (tertiary alicyclic amines) is 1. The number of amides is 1. The quantitative estimate of drug-likeness (QED) is 0.456. The molecule has 1 amide bonds. The summed E-state index contributed by atoms with van der Waals surface area (Å²) in [7, 11) is 0. The van der Waals surface area contributed by atoms with Crippen molar-refractivity contribution in [3.8, 4) is 0 Å². The Labute approximate surface area is 189 Å². The van der Waals surface area contributed by atoms with Gasteiger partial charge in [-0.25, -0.2) is 14.6 Å². The molecule has 0 N–H and O–H groups in total. The van der Waals surface area contributed by atoms with Crippen molar-refractivity contribution in [3.05, 3.63) is 0 Å². The third-order valence-corrected chi connectivity index (χ3v) is 8.36. The summed E-state index contributed by atoms with van der Waals surface area (Å²) < 4.78 is 56.8. The Morgan fingerprint density at radius 1 is 1.09 bits per heavy atom. The Kier molecular flexibility index (Phi) is 5.32.